The number of esters is 2. The number of carbonyl (C=O) groups is 3. The SMILES string of the molecule is COC(=O)CSC1=C(C#N)[C@H](c2ccc(C(=O)OC)cc2)CC(=O)N1. The molecule has 0 aromatic heterocycles. The predicted octanol–water partition coefficient (Wildman–Crippen LogP) is 1.72. The summed E-state index contributed by atoms with van der Waals surface area (Å²) in [5, 5.41) is 12.5. The second-order valence-corrected chi connectivity index (χ2v) is 6.12. The molecule has 0 saturated carbocycles. The molecule has 1 N–H and O–H groups in total. The zero-order valence-corrected chi connectivity index (χ0v) is 14.5. The van der Waals surface area contributed by atoms with Gasteiger partial charge in [0.2, 0.25) is 5.91 Å². The van der Waals surface area contributed by atoms with Crippen LogP contribution in [0.1, 0.15) is 28.3 Å². The fourth-order valence-electron chi connectivity index (χ4n) is 2.38. The number of amides is 1. The van der Waals surface area contributed by atoms with Crippen molar-refractivity contribution in [2.24, 2.45) is 0 Å². The lowest BCUT2D eigenvalue weighted by Gasteiger charge is -2.25. The molecule has 0 bridgehead atoms. The Balaban J connectivity index is 2.31. The van der Waals surface area contributed by atoms with Crippen molar-refractivity contribution in [2.75, 3.05) is 20.0 Å². The van der Waals surface area contributed by atoms with E-state index in [2.05, 4.69) is 20.9 Å². The van der Waals surface area contributed by atoms with Gasteiger partial charge in [-0.15, -0.1) is 0 Å². The first-order valence-corrected chi connectivity index (χ1v) is 8.30. The summed E-state index contributed by atoms with van der Waals surface area (Å²) in [5.74, 6) is -1.60. The van der Waals surface area contributed by atoms with Crippen LogP contribution in [0.15, 0.2) is 34.9 Å². The Kier molecular flexibility index (Phi) is 6.19. The Hall–Kier alpha value is -2.79. The second kappa shape index (κ2) is 8.35. The molecule has 1 aliphatic heterocycles. The highest BCUT2D eigenvalue weighted by molar-refractivity contribution is 8.03. The molecule has 0 saturated heterocycles. The maximum atomic E-state index is 12.0. The zero-order chi connectivity index (χ0) is 18.4. The number of methoxy groups -OCH3 is 2. The Labute approximate surface area is 149 Å². The number of hydrogen-bond donors (Lipinski definition) is 1. The Morgan fingerprint density at radius 3 is 2.52 bits per heavy atom. The molecule has 0 unspecified atom stereocenters. The molecule has 8 heteroatoms. The molecule has 1 aromatic carbocycles. The molecule has 1 aliphatic rings. The third kappa shape index (κ3) is 4.39. The maximum absolute atomic E-state index is 12.0. The van der Waals surface area contributed by atoms with Crippen molar-refractivity contribution in [1.29, 1.82) is 5.26 Å². The zero-order valence-electron chi connectivity index (χ0n) is 13.7. The van der Waals surface area contributed by atoms with Gasteiger partial charge in [0, 0.05) is 12.3 Å². The van der Waals surface area contributed by atoms with Crippen molar-refractivity contribution in [3.8, 4) is 6.07 Å². The van der Waals surface area contributed by atoms with Crippen molar-refractivity contribution in [3.63, 3.8) is 0 Å². The molecule has 0 radical (unpaired) electrons. The van der Waals surface area contributed by atoms with Crippen molar-refractivity contribution < 1.29 is 23.9 Å². The quantitative estimate of drug-likeness (QED) is 0.797. The Morgan fingerprint density at radius 1 is 1.28 bits per heavy atom. The predicted molar refractivity (Wildman–Crippen MR) is 90.4 cm³/mol. The topological polar surface area (TPSA) is 105 Å². The number of hydrogen-bond acceptors (Lipinski definition) is 7. The first kappa shape index (κ1) is 18.5. The fourth-order valence-corrected chi connectivity index (χ4v) is 3.29. The van der Waals surface area contributed by atoms with E-state index in [0.29, 0.717) is 16.2 Å². The number of rotatable bonds is 5. The van der Waals surface area contributed by atoms with E-state index in [1.54, 1.807) is 24.3 Å². The third-order valence-corrected chi connectivity index (χ3v) is 4.64. The van der Waals surface area contributed by atoms with E-state index in [-0.39, 0.29) is 18.1 Å². The van der Waals surface area contributed by atoms with Gasteiger partial charge in [-0.1, -0.05) is 23.9 Å². The van der Waals surface area contributed by atoms with Gasteiger partial charge in [-0.05, 0) is 17.7 Å². The molecule has 2 rings (SSSR count). The molecule has 0 spiro atoms. The molecular formula is C17H16N2O5S. The summed E-state index contributed by atoms with van der Waals surface area (Å²) in [6, 6.07) is 8.67. The molecule has 130 valence electrons. The van der Waals surface area contributed by atoms with E-state index >= 15 is 0 Å². The number of allylic oxidation sites excluding steroid dienone is 1. The minimum absolute atomic E-state index is 0.00864. The van der Waals surface area contributed by atoms with Gasteiger partial charge in [0.15, 0.2) is 0 Å². The number of ether oxygens (including phenoxy) is 2. The summed E-state index contributed by atoms with van der Waals surface area (Å²) >= 11 is 1.05. The summed E-state index contributed by atoms with van der Waals surface area (Å²) in [6.07, 6.45) is 0.114. The number of benzene rings is 1. The normalized spacial score (nSPS) is 16.7. The van der Waals surface area contributed by atoms with Crippen LogP contribution in [0.4, 0.5) is 0 Å². The molecular weight excluding hydrogens is 344 g/mol. The van der Waals surface area contributed by atoms with Gasteiger partial charge in [0.05, 0.1) is 42.2 Å². The summed E-state index contributed by atoms with van der Waals surface area (Å²) in [5.41, 5.74) is 1.49. The van der Waals surface area contributed by atoms with Gasteiger partial charge in [-0.3, -0.25) is 9.59 Å². The average molecular weight is 360 g/mol. The van der Waals surface area contributed by atoms with E-state index in [0.717, 1.165) is 17.3 Å². The van der Waals surface area contributed by atoms with Crippen LogP contribution < -0.4 is 5.32 Å². The first-order chi connectivity index (χ1) is 12.0. The standard InChI is InChI=1S/C17H16N2O5S/c1-23-15(21)9-25-16-13(8-18)12(7-14(20)19-16)10-3-5-11(6-4-10)17(22)24-2/h3-6,12H,7,9H2,1-2H3,(H,19,20)/t12-/m0/s1. The summed E-state index contributed by atoms with van der Waals surface area (Å²) in [6.45, 7) is 0. The summed E-state index contributed by atoms with van der Waals surface area (Å²) < 4.78 is 9.22. The van der Waals surface area contributed by atoms with Gasteiger partial charge >= 0.3 is 11.9 Å². The van der Waals surface area contributed by atoms with Gasteiger partial charge in [0.1, 0.15) is 0 Å². The molecule has 1 atom stereocenters. The van der Waals surface area contributed by atoms with E-state index in [4.69, 9.17) is 0 Å². The number of nitriles is 1. The molecule has 1 aromatic rings. The molecule has 7 nitrogen and oxygen atoms in total. The molecule has 0 aliphatic carbocycles. The smallest absolute Gasteiger partial charge is 0.337 e. The monoisotopic (exact) mass is 360 g/mol. The minimum atomic E-state index is -0.460. The van der Waals surface area contributed by atoms with Crippen LogP contribution in [-0.4, -0.2) is 37.8 Å². The van der Waals surface area contributed by atoms with Crippen LogP contribution >= 0.6 is 11.8 Å². The third-order valence-electron chi connectivity index (χ3n) is 3.65. The van der Waals surface area contributed by atoms with Crippen LogP contribution in [0.25, 0.3) is 0 Å². The molecule has 1 heterocycles. The first-order valence-electron chi connectivity index (χ1n) is 7.32. The highest BCUT2D eigenvalue weighted by atomic mass is 32.2. The van der Waals surface area contributed by atoms with Crippen LogP contribution in [0, 0.1) is 11.3 Å². The van der Waals surface area contributed by atoms with Crippen molar-refractivity contribution >= 4 is 29.6 Å². The van der Waals surface area contributed by atoms with Crippen LogP contribution in [-0.2, 0) is 19.1 Å². The number of nitrogens with one attached hydrogen (secondary N) is 1. The van der Waals surface area contributed by atoms with Crippen LogP contribution in [0.2, 0.25) is 0 Å². The summed E-state index contributed by atoms with van der Waals surface area (Å²) in [7, 11) is 2.57. The highest BCUT2D eigenvalue weighted by Crippen LogP contribution is 2.36. The van der Waals surface area contributed by atoms with Gasteiger partial charge in [0.25, 0.3) is 0 Å². The van der Waals surface area contributed by atoms with E-state index in [1.165, 1.54) is 14.2 Å². The van der Waals surface area contributed by atoms with Crippen molar-refractivity contribution in [3.05, 3.63) is 46.0 Å². The molecule has 0 fully saturated rings. The van der Waals surface area contributed by atoms with Crippen LogP contribution in [0.3, 0.4) is 0 Å². The molecule has 25 heavy (non-hydrogen) atoms. The van der Waals surface area contributed by atoms with Crippen LogP contribution in [0.5, 0.6) is 0 Å². The van der Waals surface area contributed by atoms with Gasteiger partial charge in [-0.2, -0.15) is 5.26 Å². The largest absolute Gasteiger partial charge is 0.468 e. The summed E-state index contributed by atoms with van der Waals surface area (Å²) in [4.78, 5) is 34.8. The van der Waals surface area contributed by atoms with Gasteiger partial charge < -0.3 is 14.8 Å². The lowest BCUT2D eigenvalue weighted by atomic mass is 9.87. The molecule has 1 amide bonds. The lowest BCUT2D eigenvalue weighted by molar-refractivity contribution is -0.137. The minimum Gasteiger partial charge on any atom is -0.468 e. The maximum Gasteiger partial charge on any atom is 0.337 e. The van der Waals surface area contributed by atoms with Gasteiger partial charge in [-0.25, -0.2) is 4.79 Å². The van der Waals surface area contributed by atoms with Crippen molar-refractivity contribution in [1.82, 2.24) is 5.32 Å². The van der Waals surface area contributed by atoms with Crippen molar-refractivity contribution in [2.45, 2.75) is 12.3 Å². The number of thioether (sulfide) groups is 1. The van der Waals surface area contributed by atoms with E-state index in [9.17, 15) is 19.6 Å². The fraction of sp³-hybridized carbons (Fsp3) is 0.294. The van der Waals surface area contributed by atoms with E-state index < -0.39 is 17.9 Å². The number of nitrogens with zero attached hydrogens (tertiary/aromatic N) is 1. The van der Waals surface area contributed by atoms with E-state index in [1.807, 2.05) is 0 Å². The Morgan fingerprint density at radius 2 is 1.96 bits per heavy atom. The number of carbonyl (C=O) groups excluding carboxylic acids is 3. The lowest BCUT2D eigenvalue weighted by Crippen LogP contribution is -2.31. The Bertz CT molecular complexity index is 764. The highest BCUT2D eigenvalue weighted by Gasteiger charge is 2.30. The second-order valence-electron chi connectivity index (χ2n) is 5.14. The average Bonchev–Trinajstić information content (AvgIpc) is 2.64.